The average molecular weight is 292 g/mol. The predicted molar refractivity (Wildman–Crippen MR) is 83.5 cm³/mol. The molecule has 0 radical (unpaired) electrons. The van der Waals surface area contributed by atoms with Crippen LogP contribution in [0.5, 0.6) is 0 Å². The lowest BCUT2D eigenvalue weighted by Crippen LogP contribution is -2.35. The highest BCUT2D eigenvalue weighted by Gasteiger charge is 2.21. The topological polar surface area (TPSA) is 70.9 Å². The Balaban J connectivity index is 2.58. The Morgan fingerprint density at radius 2 is 2.05 bits per heavy atom. The summed E-state index contributed by atoms with van der Waals surface area (Å²) in [7, 11) is 1.48. The van der Waals surface area contributed by atoms with Gasteiger partial charge in [-0.2, -0.15) is 0 Å². The average Bonchev–Trinajstić information content (AvgIpc) is 2.42. The number of carbonyl (C=O) groups is 1. The molecule has 0 spiro atoms. The van der Waals surface area contributed by atoms with E-state index >= 15 is 0 Å². The lowest BCUT2D eigenvalue weighted by Gasteiger charge is -2.26. The quantitative estimate of drug-likeness (QED) is 0.598. The van der Waals surface area contributed by atoms with Crippen LogP contribution in [-0.4, -0.2) is 37.0 Å². The molecule has 0 saturated heterocycles. The molecule has 0 aromatic heterocycles. The normalized spacial score (nSPS) is 13.2. The van der Waals surface area contributed by atoms with Crippen molar-refractivity contribution in [3.63, 3.8) is 0 Å². The standard InChI is InChI=1S/C16H24N2O3/c1-12(19)9-16(2,3)11-17-15(20)14-7-5-13(6-8-14)10-18-21-4/h5-8,10,12,19H,9,11H2,1-4H3,(H,17,20). The van der Waals surface area contributed by atoms with Crippen molar-refractivity contribution in [3.8, 4) is 0 Å². The first-order valence-corrected chi connectivity index (χ1v) is 6.97. The summed E-state index contributed by atoms with van der Waals surface area (Å²) >= 11 is 0. The fourth-order valence-corrected chi connectivity index (χ4v) is 2.13. The fraction of sp³-hybridized carbons (Fsp3) is 0.500. The third kappa shape index (κ3) is 6.40. The van der Waals surface area contributed by atoms with Gasteiger partial charge in [0.25, 0.3) is 5.91 Å². The Bertz CT molecular complexity index is 479. The Kier molecular flexibility index (Phi) is 6.37. The van der Waals surface area contributed by atoms with Gasteiger partial charge in [-0.1, -0.05) is 31.1 Å². The molecule has 1 unspecified atom stereocenters. The molecule has 1 aromatic rings. The third-order valence-corrected chi connectivity index (χ3v) is 3.06. The van der Waals surface area contributed by atoms with Crippen LogP contribution in [-0.2, 0) is 4.84 Å². The van der Waals surface area contributed by atoms with E-state index in [2.05, 4.69) is 15.3 Å². The lowest BCUT2D eigenvalue weighted by molar-refractivity contribution is 0.0902. The van der Waals surface area contributed by atoms with Gasteiger partial charge in [0, 0.05) is 12.1 Å². The number of rotatable bonds is 7. The van der Waals surface area contributed by atoms with Gasteiger partial charge in [0.2, 0.25) is 0 Å². The van der Waals surface area contributed by atoms with Crippen LogP contribution in [0.3, 0.4) is 0 Å². The van der Waals surface area contributed by atoms with Crippen LogP contribution in [0.15, 0.2) is 29.4 Å². The number of aliphatic hydroxyl groups excluding tert-OH is 1. The van der Waals surface area contributed by atoms with E-state index < -0.39 is 0 Å². The van der Waals surface area contributed by atoms with Gasteiger partial charge in [-0.3, -0.25) is 4.79 Å². The first-order valence-electron chi connectivity index (χ1n) is 6.97. The van der Waals surface area contributed by atoms with Crippen LogP contribution in [0.4, 0.5) is 0 Å². The maximum absolute atomic E-state index is 12.1. The monoisotopic (exact) mass is 292 g/mol. The van der Waals surface area contributed by atoms with Crippen molar-refractivity contribution in [2.24, 2.45) is 10.6 Å². The summed E-state index contributed by atoms with van der Waals surface area (Å²) < 4.78 is 0. The number of nitrogens with one attached hydrogen (secondary N) is 1. The van der Waals surface area contributed by atoms with E-state index in [1.54, 1.807) is 37.4 Å². The van der Waals surface area contributed by atoms with Crippen molar-refractivity contribution in [2.75, 3.05) is 13.7 Å². The molecule has 116 valence electrons. The summed E-state index contributed by atoms with van der Waals surface area (Å²) in [6.45, 7) is 6.31. The molecular weight excluding hydrogens is 268 g/mol. The van der Waals surface area contributed by atoms with Gasteiger partial charge in [0.05, 0.1) is 12.3 Å². The number of nitrogens with zero attached hydrogens (tertiary/aromatic N) is 1. The van der Waals surface area contributed by atoms with Gasteiger partial charge in [-0.05, 0) is 36.5 Å². The van der Waals surface area contributed by atoms with Gasteiger partial charge >= 0.3 is 0 Å². The number of hydrogen-bond acceptors (Lipinski definition) is 4. The lowest BCUT2D eigenvalue weighted by atomic mass is 9.87. The largest absolute Gasteiger partial charge is 0.399 e. The van der Waals surface area contributed by atoms with Crippen molar-refractivity contribution in [1.82, 2.24) is 5.32 Å². The van der Waals surface area contributed by atoms with E-state index in [1.165, 1.54) is 7.11 Å². The smallest absolute Gasteiger partial charge is 0.251 e. The first kappa shape index (κ1) is 17.2. The van der Waals surface area contributed by atoms with Crippen molar-refractivity contribution >= 4 is 12.1 Å². The second kappa shape index (κ2) is 7.78. The molecule has 0 heterocycles. The molecule has 0 bridgehead atoms. The zero-order valence-electron chi connectivity index (χ0n) is 13.1. The van der Waals surface area contributed by atoms with Gasteiger partial charge in [0.1, 0.15) is 7.11 Å². The molecule has 5 heteroatoms. The van der Waals surface area contributed by atoms with Crippen LogP contribution in [0.2, 0.25) is 0 Å². The Morgan fingerprint density at radius 1 is 1.43 bits per heavy atom. The van der Waals surface area contributed by atoms with E-state index in [9.17, 15) is 9.90 Å². The number of carbonyl (C=O) groups excluding carboxylic acids is 1. The van der Waals surface area contributed by atoms with Gasteiger partial charge in [-0.15, -0.1) is 0 Å². The van der Waals surface area contributed by atoms with Crippen molar-refractivity contribution < 1.29 is 14.7 Å². The minimum atomic E-state index is -0.378. The van der Waals surface area contributed by atoms with Crippen LogP contribution < -0.4 is 5.32 Å². The summed E-state index contributed by atoms with van der Waals surface area (Å²) in [5.41, 5.74) is 1.31. The second-order valence-corrected chi connectivity index (χ2v) is 5.94. The van der Waals surface area contributed by atoms with Gasteiger partial charge < -0.3 is 15.3 Å². The van der Waals surface area contributed by atoms with Gasteiger partial charge in [-0.25, -0.2) is 0 Å². The number of oxime groups is 1. The molecule has 1 amide bonds. The van der Waals surface area contributed by atoms with E-state index in [0.29, 0.717) is 18.5 Å². The van der Waals surface area contributed by atoms with Crippen molar-refractivity contribution in [2.45, 2.75) is 33.3 Å². The van der Waals surface area contributed by atoms with Gasteiger partial charge in [0.15, 0.2) is 0 Å². The van der Waals surface area contributed by atoms with E-state index in [1.807, 2.05) is 13.8 Å². The second-order valence-electron chi connectivity index (χ2n) is 5.94. The van der Waals surface area contributed by atoms with Crippen LogP contribution >= 0.6 is 0 Å². The summed E-state index contributed by atoms with van der Waals surface area (Å²) in [6, 6.07) is 7.10. The Hall–Kier alpha value is -1.88. The molecule has 1 aromatic carbocycles. The first-order chi connectivity index (χ1) is 9.84. The molecule has 2 N–H and O–H groups in total. The number of hydrogen-bond donors (Lipinski definition) is 2. The zero-order chi connectivity index (χ0) is 15.9. The molecule has 0 fully saturated rings. The highest BCUT2D eigenvalue weighted by atomic mass is 16.6. The summed E-state index contributed by atoms with van der Waals surface area (Å²) in [6.07, 6.45) is 1.84. The van der Waals surface area contributed by atoms with Crippen LogP contribution in [0, 0.1) is 5.41 Å². The van der Waals surface area contributed by atoms with Crippen LogP contribution in [0.25, 0.3) is 0 Å². The van der Waals surface area contributed by atoms with E-state index in [-0.39, 0.29) is 17.4 Å². The summed E-state index contributed by atoms with van der Waals surface area (Å²) in [5.74, 6) is -0.121. The predicted octanol–water partition coefficient (Wildman–Crippen LogP) is 2.19. The third-order valence-electron chi connectivity index (χ3n) is 3.06. The van der Waals surface area contributed by atoms with E-state index in [0.717, 1.165) is 5.56 Å². The van der Waals surface area contributed by atoms with Crippen LogP contribution in [0.1, 0.15) is 43.1 Å². The highest BCUT2D eigenvalue weighted by Crippen LogP contribution is 2.21. The van der Waals surface area contributed by atoms with E-state index in [4.69, 9.17) is 0 Å². The Labute approximate surface area is 126 Å². The molecule has 5 nitrogen and oxygen atoms in total. The molecule has 0 aliphatic carbocycles. The fourth-order valence-electron chi connectivity index (χ4n) is 2.13. The molecular formula is C16H24N2O3. The minimum absolute atomic E-state index is 0.121. The molecule has 0 aliphatic rings. The molecule has 1 atom stereocenters. The highest BCUT2D eigenvalue weighted by molar-refractivity contribution is 5.95. The number of benzene rings is 1. The molecule has 0 saturated carbocycles. The Morgan fingerprint density at radius 3 is 2.57 bits per heavy atom. The van der Waals surface area contributed by atoms with Crippen molar-refractivity contribution in [3.05, 3.63) is 35.4 Å². The SMILES string of the molecule is CON=Cc1ccc(C(=O)NCC(C)(C)CC(C)O)cc1. The maximum atomic E-state index is 12.1. The maximum Gasteiger partial charge on any atom is 0.251 e. The minimum Gasteiger partial charge on any atom is -0.399 e. The number of aliphatic hydroxyl groups is 1. The molecule has 1 rings (SSSR count). The molecule has 21 heavy (non-hydrogen) atoms. The zero-order valence-corrected chi connectivity index (χ0v) is 13.1. The molecule has 0 aliphatic heterocycles. The summed E-state index contributed by atoms with van der Waals surface area (Å²) in [4.78, 5) is 16.7. The van der Waals surface area contributed by atoms with Crippen molar-refractivity contribution in [1.29, 1.82) is 0 Å². The number of amides is 1. The summed E-state index contributed by atoms with van der Waals surface area (Å²) in [5, 5.41) is 16.0.